The zero-order valence-electron chi connectivity index (χ0n) is 16.1. The summed E-state index contributed by atoms with van der Waals surface area (Å²) in [6.45, 7) is 4.08. The van der Waals surface area contributed by atoms with Gasteiger partial charge < -0.3 is 4.74 Å². The molecular formula is C20H21N3O4S. The van der Waals surface area contributed by atoms with E-state index < -0.39 is 16.5 Å². The maximum Gasteiger partial charge on any atom is 0.358 e. The first-order valence-corrected chi connectivity index (χ1v) is 9.40. The number of ether oxygens (including phenoxy) is 1. The first-order chi connectivity index (χ1) is 13.3. The minimum absolute atomic E-state index is 0.295. The fourth-order valence-corrected chi connectivity index (χ4v) is 2.40. The number of nitrogens with zero attached hydrogens (tertiary/aromatic N) is 3. The van der Waals surface area contributed by atoms with Crippen molar-refractivity contribution >= 4 is 16.5 Å². The molecule has 3 aromatic rings. The van der Waals surface area contributed by atoms with E-state index in [-0.39, 0.29) is 0 Å². The van der Waals surface area contributed by atoms with Crippen molar-refractivity contribution in [2.45, 2.75) is 13.8 Å². The molecule has 146 valence electrons. The number of hydrogen-bond acceptors (Lipinski definition) is 6. The molecule has 0 aliphatic carbocycles. The topological polar surface area (TPSA) is 90.6 Å². The molecule has 0 saturated carbocycles. The standard InChI is InChI=1S/C19H18N2O2.CH3NO2S/c1-13-4-8-15(9-5-13)18-12-17(19(22)23-3)20-21(18)16-10-6-14(2)7-11-16;1-2-5(3)4/h4-12H,1-3H3;1H3. The molecule has 0 N–H and O–H groups in total. The highest BCUT2D eigenvalue weighted by Gasteiger charge is 2.17. The molecule has 0 bridgehead atoms. The van der Waals surface area contributed by atoms with E-state index in [0.717, 1.165) is 16.9 Å². The van der Waals surface area contributed by atoms with Crippen molar-refractivity contribution in [1.29, 1.82) is 0 Å². The van der Waals surface area contributed by atoms with Crippen LogP contribution in [0.5, 0.6) is 0 Å². The van der Waals surface area contributed by atoms with Crippen LogP contribution < -0.4 is 0 Å². The highest BCUT2D eigenvalue weighted by atomic mass is 32.2. The third-order valence-electron chi connectivity index (χ3n) is 3.88. The maximum atomic E-state index is 11.9. The van der Waals surface area contributed by atoms with Crippen LogP contribution in [0.15, 0.2) is 59.0 Å². The average molecular weight is 399 g/mol. The number of hydrogen-bond donors (Lipinski definition) is 0. The van der Waals surface area contributed by atoms with Gasteiger partial charge >= 0.3 is 16.5 Å². The Morgan fingerprint density at radius 3 is 1.96 bits per heavy atom. The van der Waals surface area contributed by atoms with Crippen LogP contribution in [0.1, 0.15) is 21.6 Å². The summed E-state index contributed by atoms with van der Waals surface area (Å²) < 4.78 is 27.8. The number of carbonyl (C=O) groups excluding carboxylic acids is 1. The van der Waals surface area contributed by atoms with Crippen LogP contribution in [0, 0.1) is 13.8 Å². The van der Waals surface area contributed by atoms with E-state index in [1.54, 1.807) is 10.7 Å². The van der Waals surface area contributed by atoms with Crippen molar-refractivity contribution in [3.05, 3.63) is 71.4 Å². The zero-order valence-corrected chi connectivity index (χ0v) is 16.9. The Kier molecular flexibility index (Phi) is 7.22. The van der Waals surface area contributed by atoms with Gasteiger partial charge in [-0.05, 0) is 32.0 Å². The van der Waals surface area contributed by atoms with Gasteiger partial charge in [-0.15, -0.1) is 0 Å². The second-order valence-electron chi connectivity index (χ2n) is 5.92. The number of methoxy groups -OCH3 is 1. The monoisotopic (exact) mass is 399 g/mol. The predicted octanol–water partition coefficient (Wildman–Crippen LogP) is 3.62. The van der Waals surface area contributed by atoms with E-state index in [0.29, 0.717) is 5.69 Å². The normalized spacial score (nSPS) is 9.86. The van der Waals surface area contributed by atoms with Gasteiger partial charge in [-0.3, -0.25) is 0 Å². The van der Waals surface area contributed by atoms with Crippen LogP contribution in [0.4, 0.5) is 0 Å². The lowest BCUT2D eigenvalue weighted by Crippen LogP contribution is -2.04. The van der Waals surface area contributed by atoms with Crippen LogP contribution in [-0.2, 0) is 15.2 Å². The molecule has 0 amide bonds. The lowest BCUT2D eigenvalue weighted by atomic mass is 10.1. The minimum atomic E-state index is -2.20. The van der Waals surface area contributed by atoms with E-state index in [9.17, 15) is 13.2 Å². The molecule has 0 fully saturated rings. The fourth-order valence-electron chi connectivity index (χ4n) is 2.40. The van der Waals surface area contributed by atoms with Crippen LogP contribution in [0.3, 0.4) is 0 Å². The summed E-state index contributed by atoms with van der Waals surface area (Å²) in [5.41, 5.74) is 5.41. The van der Waals surface area contributed by atoms with Crippen molar-refractivity contribution in [2.75, 3.05) is 14.2 Å². The molecule has 28 heavy (non-hydrogen) atoms. The SMILES string of the molecule is CN=S(=O)=O.COC(=O)c1cc(-c2ccc(C)cc2)n(-c2ccc(C)cc2)n1. The van der Waals surface area contributed by atoms with Crippen LogP contribution >= 0.6 is 0 Å². The molecule has 0 spiro atoms. The number of rotatable bonds is 3. The highest BCUT2D eigenvalue weighted by Crippen LogP contribution is 2.25. The molecule has 0 aliphatic heterocycles. The Morgan fingerprint density at radius 2 is 1.50 bits per heavy atom. The number of aromatic nitrogens is 2. The smallest absolute Gasteiger partial charge is 0.358 e. The molecule has 1 aromatic heterocycles. The summed E-state index contributed by atoms with van der Waals surface area (Å²) in [7, 11) is 0.374. The summed E-state index contributed by atoms with van der Waals surface area (Å²) in [6.07, 6.45) is 0. The van der Waals surface area contributed by atoms with E-state index in [1.165, 1.54) is 25.3 Å². The van der Waals surface area contributed by atoms with Crippen molar-refractivity contribution in [3.63, 3.8) is 0 Å². The fraction of sp³-hybridized carbons (Fsp3) is 0.200. The van der Waals surface area contributed by atoms with Gasteiger partial charge in [0, 0.05) is 12.6 Å². The molecule has 2 aromatic carbocycles. The molecule has 0 radical (unpaired) electrons. The number of aryl methyl sites for hydroxylation is 2. The molecule has 3 rings (SSSR count). The average Bonchev–Trinajstić information content (AvgIpc) is 3.14. The van der Waals surface area contributed by atoms with Crippen molar-refractivity contribution in [2.24, 2.45) is 4.36 Å². The molecular weight excluding hydrogens is 378 g/mol. The van der Waals surface area contributed by atoms with Gasteiger partial charge in [0.25, 0.3) is 0 Å². The molecule has 0 unspecified atom stereocenters. The second kappa shape index (κ2) is 9.61. The maximum absolute atomic E-state index is 11.9. The first kappa shape index (κ1) is 21.0. The highest BCUT2D eigenvalue weighted by molar-refractivity contribution is 7.61. The summed E-state index contributed by atoms with van der Waals surface area (Å²) >= 11 is 0. The van der Waals surface area contributed by atoms with Gasteiger partial charge in [-0.1, -0.05) is 47.5 Å². The van der Waals surface area contributed by atoms with Crippen molar-refractivity contribution in [1.82, 2.24) is 9.78 Å². The molecule has 1 heterocycles. The third kappa shape index (κ3) is 5.37. The summed E-state index contributed by atoms with van der Waals surface area (Å²) in [5, 5.41) is 4.42. The Bertz CT molecular complexity index is 1010. The van der Waals surface area contributed by atoms with Gasteiger partial charge in [-0.2, -0.15) is 17.9 Å². The van der Waals surface area contributed by atoms with Gasteiger partial charge in [-0.25, -0.2) is 9.48 Å². The lowest BCUT2D eigenvalue weighted by molar-refractivity contribution is 0.0593. The van der Waals surface area contributed by atoms with E-state index in [1.807, 2.05) is 62.4 Å². The van der Waals surface area contributed by atoms with Crippen molar-refractivity contribution < 1.29 is 17.9 Å². The van der Waals surface area contributed by atoms with Crippen LogP contribution in [0.2, 0.25) is 0 Å². The summed E-state index contributed by atoms with van der Waals surface area (Å²) in [4.78, 5) is 11.9. The van der Waals surface area contributed by atoms with Gasteiger partial charge in [0.15, 0.2) is 5.69 Å². The number of benzene rings is 2. The molecule has 0 aliphatic rings. The number of carbonyl (C=O) groups is 1. The van der Waals surface area contributed by atoms with Gasteiger partial charge in [0.1, 0.15) is 0 Å². The zero-order chi connectivity index (χ0) is 20.7. The Labute approximate surface area is 165 Å². The molecule has 7 nitrogen and oxygen atoms in total. The third-order valence-corrected chi connectivity index (χ3v) is 4.18. The minimum Gasteiger partial charge on any atom is -0.464 e. The van der Waals surface area contributed by atoms with Gasteiger partial charge in [0.05, 0.1) is 18.5 Å². The van der Waals surface area contributed by atoms with E-state index in [4.69, 9.17) is 4.74 Å². The van der Waals surface area contributed by atoms with Gasteiger partial charge in [0.2, 0.25) is 0 Å². The molecule has 0 saturated heterocycles. The number of esters is 1. The van der Waals surface area contributed by atoms with E-state index in [2.05, 4.69) is 9.46 Å². The Balaban J connectivity index is 0.000000500. The lowest BCUT2D eigenvalue weighted by Gasteiger charge is -2.08. The Morgan fingerprint density at radius 1 is 1.00 bits per heavy atom. The van der Waals surface area contributed by atoms with Crippen molar-refractivity contribution in [3.8, 4) is 16.9 Å². The van der Waals surface area contributed by atoms with Crippen LogP contribution in [-0.4, -0.2) is 38.3 Å². The summed E-state index contributed by atoms with van der Waals surface area (Å²) in [5.74, 6) is -0.441. The largest absolute Gasteiger partial charge is 0.464 e. The van der Waals surface area contributed by atoms with E-state index >= 15 is 0 Å². The molecule has 8 heteroatoms. The summed E-state index contributed by atoms with van der Waals surface area (Å²) in [6, 6.07) is 17.9. The predicted molar refractivity (Wildman–Crippen MR) is 107 cm³/mol. The Hall–Kier alpha value is -3.26. The van der Waals surface area contributed by atoms with Crippen LogP contribution in [0.25, 0.3) is 16.9 Å². The molecule has 0 atom stereocenters. The first-order valence-electron chi connectivity index (χ1n) is 8.37. The quantitative estimate of drug-likeness (QED) is 0.628. The second-order valence-corrected chi connectivity index (χ2v) is 6.72.